The highest BCUT2D eigenvalue weighted by atomic mass is 19.1. The van der Waals surface area contributed by atoms with Crippen molar-refractivity contribution in [3.05, 3.63) is 64.5 Å². The van der Waals surface area contributed by atoms with E-state index in [0.717, 1.165) is 69.7 Å². The second kappa shape index (κ2) is 13.7. The number of aliphatic imine (C=N–C) groups is 1. The zero-order valence-corrected chi connectivity index (χ0v) is 28.0. The number of nitrogens with one attached hydrogen (secondary N) is 1. The topological polar surface area (TPSA) is 84.2 Å². The Hall–Kier alpha value is -3.50. The number of piperazine rings is 1. The van der Waals surface area contributed by atoms with Crippen LogP contribution in [-0.4, -0.2) is 84.9 Å². The number of fused-ring (bicyclic) bond motifs is 3. The first-order chi connectivity index (χ1) is 22.2. The molecule has 4 atom stereocenters. The van der Waals surface area contributed by atoms with Crippen LogP contribution >= 0.6 is 0 Å². The Kier molecular flexibility index (Phi) is 9.66. The average molecular weight is 633 g/mol. The second-order valence-corrected chi connectivity index (χ2v) is 14.0. The summed E-state index contributed by atoms with van der Waals surface area (Å²) in [5.41, 5.74) is 2.29. The van der Waals surface area contributed by atoms with Gasteiger partial charge < -0.3 is 19.7 Å². The van der Waals surface area contributed by atoms with Crippen molar-refractivity contribution in [3.8, 4) is 5.75 Å². The standard InChI is InChI=1S/C36H49FN6O3/c1-24-30-19-26(36(30,2)3)20-32(24)40-35(42-16-14-41(15-17-42)12-6-18-45-4)39-27-8-10-29-33(21-27)38-23-43(34(29)44)13-11-25-7-9-28(46-5)22-31(25)37/h7-10,21-24,26,30,32H,6,11-20H2,1-5H3,(H,39,40). The van der Waals surface area contributed by atoms with E-state index in [9.17, 15) is 9.18 Å². The van der Waals surface area contributed by atoms with E-state index < -0.39 is 0 Å². The van der Waals surface area contributed by atoms with E-state index in [1.165, 1.54) is 19.6 Å². The first kappa shape index (κ1) is 32.4. The van der Waals surface area contributed by atoms with Crippen LogP contribution in [0.5, 0.6) is 5.75 Å². The van der Waals surface area contributed by atoms with Gasteiger partial charge in [-0.25, -0.2) is 14.4 Å². The fourth-order valence-corrected chi connectivity index (χ4v) is 7.88. The first-order valence-corrected chi connectivity index (χ1v) is 16.8. The Labute approximate surface area is 271 Å². The SMILES string of the molecule is COCCCN1CCN(C(=NC2CC3CC(C2C)C3(C)C)Nc2ccc3c(=O)n(CCc4ccc(OC)cc4F)cnc3c2)CC1. The molecule has 10 heteroatoms. The Bertz CT molecular complexity index is 1620. The Morgan fingerprint density at radius 1 is 1.09 bits per heavy atom. The monoisotopic (exact) mass is 632 g/mol. The normalized spacial score (nSPS) is 24.6. The van der Waals surface area contributed by atoms with Gasteiger partial charge in [-0.2, -0.15) is 0 Å². The number of anilines is 1. The molecular weight excluding hydrogens is 583 g/mol. The summed E-state index contributed by atoms with van der Waals surface area (Å²) in [4.78, 5) is 28.3. The molecule has 7 rings (SSSR count). The third-order valence-corrected chi connectivity index (χ3v) is 11.1. The van der Waals surface area contributed by atoms with Crippen molar-refractivity contribution in [1.29, 1.82) is 0 Å². The number of nitrogens with zero attached hydrogens (tertiary/aromatic N) is 5. The van der Waals surface area contributed by atoms with Crippen molar-refractivity contribution < 1.29 is 13.9 Å². The maximum absolute atomic E-state index is 14.5. The zero-order chi connectivity index (χ0) is 32.4. The summed E-state index contributed by atoms with van der Waals surface area (Å²) >= 11 is 0. The van der Waals surface area contributed by atoms with Crippen LogP contribution in [0.2, 0.25) is 0 Å². The van der Waals surface area contributed by atoms with E-state index >= 15 is 0 Å². The summed E-state index contributed by atoms with van der Waals surface area (Å²) < 4.78 is 26.4. The van der Waals surface area contributed by atoms with Crippen LogP contribution in [0.25, 0.3) is 10.9 Å². The van der Waals surface area contributed by atoms with Crippen LogP contribution in [0.4, 0.5) is 10.1 Å². The molecule has 4 unspecified atom stereocenters. The number of hydrogen-bond acceptors (Lipinski definition) is 6. The highest BCUT2D eigenvalue weighted by molar-refractivity contribution is 5.96. The molecule has 0 spiro atoms. The van der Waals surface area contributed by atoms with E-state index in [2.05, 4.69) is 40.9 Å². The quantitative estimate of drug-likeness (QED) is 0.185. The first-order valence-electron chi connectivity index (χ1n) is 16.8. The van der Waals surface area contributed by atoms with Gasteiger partial charge in [-0.1, -0.05) is 26.8 Å². The van der Waals surface area contributed by atoms with E-state index in [1.54, 1.807) is 30.1 Å². The Morgan fingerprint density at radius 3 is 2.59 bits per heavy atom. The lowest BCUT2D eigenvalue weighted by atomic mass is 9.45. The number of guanidine groups is 1. The summed E-state index contributed by atoms with van der Waals surface area (Å²) in [5, 5.41) is 4.20. The number of halogens is 1. The Morgan fingerprint density at radius 2 is 1.89 bits per heavy atom. The van der Waals surface area contributed by atoms with Crippen LogP contribution in [0.1, 0.15) is 45.6 Å². The fourth-order valence-electron chi connectivity index (χ4n) is 7.88. The fraction of sp³-hybridized carbons (Fsp3) is 0.583. The lowest BCUT2D eigenvalue weighted by molar-refractivity contribution is -0.108. The maximum Gasteiger partial charge on any atom is 0.261 e. The molecule has 46 heavy (non-hydrogen) atoms. The van der Waals surface area contributed by atoms with E-state index in [0.29, 0.717) is 58.5 Å². The lowest BCUT2D eigenvalue weighted by Crippen LogP contribution is -2.57. The van der Waals surface area contributed by atoms with Gasteiger partial charge in [0.15, 0.2) is 5.96 Å². The molecule has 1 saturated heterocycles. The number of aryl methyl sites for hydroxylation is 2. The number of rotatable bonds is 10. The molecule has 1 N–H and O–H groups in total. The van der Waals surface area contributed by atoms with E-state index in [1.807, 2.05) is 18.2 Å². The largest absolute Gasteiger partial charge is 0.497 e. The van der Waals surface area contributed by atoms with Gasteiger partial charge in [-0.3, -0.25) is 14.3 Å². The summed E-state index contributed by atoms with van der Waals surface area (Å²) in [7, 11) is 3.27. The molecule has 0 radical (unpaired) electrons. The van der Waals surface area contributed by atoms with Gasteiger partial charge in [0.05, 0.1) is 30.4 Å². The van der Waals surface area contributed by atoms with Crippen molar-refractivity contribution in [2.45, 2.75) is 59.0 Å². The van der Waals surface area contributed by atoms with Gasteiger partial charge in [0.1, 0.15) is 11.6 Å². The van der Waals surface area contributed by atoms with Crippen LogP contribution in [0, 0.1) is 29.0 Å². The third kappa shape index (κ3) is 6.65. The molecule has 4 fully saturated rings. The van der Waals surface area contributed by atoms with Gasteiger partial charge in [-0.05, 0) is 78.7 Å². The molecule has 3 aromatic rings. The molecule has 1 aliphatic heterocycles. The maximum atomic E-state index is 14.5. The van der Waals surface area contributed by atoms with Crippen molar-refractivity contribution in [3.63, 3.8) is 0 Å². The number of benzene rings is 2. The molecule has 2 bridgehead atoms. The van der Waals surface area contributed by atoms with Gasteiger partial charge in [0, 0.05) is 64.7 Å². The van der Waals surface area contributed by atoms with Crippen molar-refractivity contribution >= 4 is 22.5 Å². The average Bonchev–Trinajstić information content (AvgIpc) is 3.05. The molecule has 4 aliphatic rings. The van der Waals surface area contributed by atoms with Crippen molar-refractivity contribution in [2.24, 2.45) is 28.2 Å². The van der Waals surface area contributed by atoms with Crippen LogP contribution in [-0.2, 0) is 17.7 Å². The lowest BCUT2D eigenvalue weighted by Gasteiger charge is -2.61. The summed E-state index contributed by atoms with van der Waals surface area (Å²) in [5.74, 6) is 3.03. The highest BCUT2D eigenvalue weighted by Crippen LogP contribution is 2.61. The van der Waals surface area contributed by atoms with E-state index in [-0.39, 0.29) is 11.4 Å². The molecule has 2 aromatic carbocycles. The number of hydrogen-bond donors (Lipinski definition) is 1. The minimum atomic E-state index is -0.342. The Balaban J connectivity index is 1.19. The van der Waals surface area contributed by atoms with Crippen LogP contribution < -0.4 is 15.6 Å². The predicted molar refractivity (Wildman–Crippen MR) is 181 cm³/mol. The van der Waals surface area contributed by atoms with Gasteiger partial charge in [-0.15, -0.1) is 0 Å². The third-order valence-electron chi connectivity index (χ3n) is 11.1. The van der Waals surface area contributed by atoms with E-state index in [4.69, 9.17) is 14.5 Å². The summed E-state index contributed by atoms with van der Waals surface area (Å²) in [6.45, 7) is 13.2. The van der Waals surface area contributed by atoms with Crippen molar-refractivity contribution in [1.82, 2.24) is 19.4 Å². The molecule has 248 valence electrons. The molecule has 3 saturated carbocycles. The molecular formula is C36H49FN6O3. The smallest absolute Gasteiger partial charge is 0.261 e. The predicted octanol–water partition coefficient (Wildman–Crippen LogP) is 5.28. The summed E-state index contributed by atoms with van der Waals surface area (Å²) in [6, 6.07) is 10.8. The molecule has 9 nitrogen and oxygen atoms in total. The molecule has 1 aromatic heterocycles. The zero-order valence-electron chi connectivity index (χ0n) is 28.0. The number of ether oxygens (including phenoxy) is 2. The minimum Gasteiger partial charge on any atom is -0.497 e. The number of aromatic nitrogens is 2. The second-order valence-electron chi connectivity index (χ2n) is 14.0. The highest BCUT2D eigenvalue weighted by Gasteiger charge is 2.56. The minimum absolute atomic E-state index is 0.137. The van der Waals surface area contributed by atoms with Crippen molar-refractivity contribution in [2.75, 3.05) is 58.9 Å². The van der Waals surface area contributed by atoms with Crippen LogP contribution in [0.3, 0.4) is 0 Å². The van der Waals surface area contributed by atoms with Crippen LogP contribution in [0.15, 0.2) is 52.5 Å². The number of methoxy groups -OCH3 is 2. The molecule has 0 amide bonds. The van der Waals surface area contributed by atoms with Gasteiger partial charge in [0.2, 0.25) is 0 Å². The summed E-state index contributed by atoms with van der Waals surface area (Å²) in [6.07, 6.45) is 5.43. The van der Waals surface area contributed by atoms with Gasteiger partial charge >= 0.3 is 0 Å². The van der Waals surface area contributed by atoms with Gasteiger partial charge in [0.25, 0.3) is 5.56 Å². The molecule has 3 aliphatic carbocycles. The molecule has 2 heterocycles.